The van der Waals surface area contributed by atoms with Gasteiger partial charge < -0.3 is 9.55 Å². The van der Waals surface area contributed by atoms with Gasteiger partial charge in [0.15, 0.2) is 4.77 Å². The molecule has 0 atom stereocenters. The molecule has 0 amide bonds. The molecule has 0 bridgehead atoms. The van der Waals surface area contributed by atoms with Gasteiger partial charge in [0.25, 0.3) is 0 Å². The number of fused-ring (bicyclic) bond motifs is 1. The summed E-state index contributed by atoms with van der Waals surface area (Å²) < 4.78 is 2.91. The fourth-order valence-electron chi connectivity index (χ4n) is 1.36. The summed E-state index contributed by atoms with van der Waals surface area (Å²) in [4.78, 5) is 3.18. The van der Waals surface area contributed by atoms with Crippen molar-refractivity contribution < 1.29 is 0 Å². The summed E-state index contributed by atoms with van der Waals surface area (Å²) in [6.07, 6.45) is 2.07. The summed E-state index contributed by atoms with van der Waals surface area (Å²) in [5, 5.41) is 0. The molecule has 4 heteroatoms. The number of hydrogen-bond acceptors (Lipinski definition) is 2. The van der Waals surface area contributed by atoms with Crippen LogP contribution < -0.4 is 0 Å². The Morgan fingerprint density at radius 2 is 2.23 bits per heavy atom. The number of benzene rings is 1. The first-order valence-corrected chi connectivity index (χ1v) is 5.79. The molecule has 68 valence electrons. The fraction of sp³-hybridized carbons (Fsp3) is 0.222. The molecule has 0 aliphatic heterocycles. The van der Waals surface area contributed by atoms with Gasteiger partial charge in [-0.3, -0.25) is 0 Å². The van der Waals surface area contributed by atoms with Gasteiger partial charge in [-0.15, -0.1) is 11.8 Å². The zero-order valence-corrected chi connectivity index (χ0v) is 8.91. The number of aromatic nitrogens is 2. The Morgan fingerprint density at radius 3 is 3.00 bits per heavy atom. The number of thioether (sulfide) groups is 1. The molecule has 0 aliphatic rings. The molecular weight excluding hydrogens is 200 g/mol. The van der Waals surface area contributed by atoms with Gasteiger partial charge in [-0.25, -0.2) is 0 Å². The maximum absolute atomic E-state index is 5.21. The molecule has 0 spiro atoms. The Morgan fingerprint density at radius 1 is 1.46 bits per heavy atom. The average Bonchev–Trinajstić information content (AvgIpc) is 2.44. The largest absolute Gasteiger partial charge is 0.331 e. The number of nitrogens with one attached hydrogen (secondary N) is 1. The molecule has 0 unspecified atom stereocenters. The molecule has 2 aromatic rings. The Bertz CT molecular complexity index is 470. The number of para-hydroxylation sites is 2. The molecule has 0 fully saturated rings. The van der Waals surface area contributed by atoms with E-state index in [-0.39, 0.29) is 0 Å². The SMILES string of the molecule is CSCn1c(=S)[nH]c2ccccc21. The molecule has 1 aromatic carbocycles. The summed E-state index contributed by atoms with van der Waals surface area (Å²) in [5.74, 6) is 0.906. The molecule has 1 N–H and O–H groups in total. The van der Waals surface area contributed by atoms with E-state index in [4.69, 9.17) is 12.2 Å². The van der Waals surface area contributed by atoms with E-state index in [0.717, 1.165) is 16.2 Å². The van der Waals surface area contributed by atoms with E-state index in [2.05, 4.69) is 21.9 Å². The van der Waals surface area contributed by atoms with Crippen LogP contribution in [0.1, 0.15) is 0 Å². The molecule has 2 nitrogen and oxygen atoms in total. The number of H-pyrrole nitrogens is 1. The van der Waals surface area contributed by atoms with Gasteiger partial charge in [0, 0.05) is 0 Å². The molecule has 0 saturated carbocycles. The molecule has 1 aromatic heterocycles. The first kappa shape index (κ1) is 8.84. The minimum atomic E-state index is 0.801. The fourth-order valence-corrected chi connectivity index (χ4v) is 2.25. The highest BCUT2D eigenvalue weighted by atomic mass is 32.2. The number of nitrogens with zero attached hydrogens (tertiary/aromatic N) is 1. The highest BCUT2D eigenvalue weighted by Crippen LogP contribution is 2.15. The van der Waals surface area contributed by atoms with Gasteiger partial charge in [-0.2, -0.15) is 0 Å². The van der Waals surface area contributed by atoms with Crippen LogP contribution in [-0.2, 0) is 5.88 Å². The Balaban J connectivity index is 2.71. The van der Waals surface area contributed by atoms with Crippen molar-refractivity contribution in [2.45, 2.75) is 5.88 Å². The highest BCUT2D eigenvalue weighted by molar-refractivity contribution is 7.97. The zero-order valence-electron chi connectivity index (χ0n) is 7.28. The van der Waals surface area contributed by atoms with Crippen molar-refractivity contribution in [3.63, 3.8) is 0 Å². The molecule has 0 radical (unpaired) electrons. The number of rotatable bonds is 2. The van der Waals surface area contributed by atoms with Crippen LogP contribution in [0.15, 0.2) is 24.3 Å². The minimum absolute atomic E-state index is 0.801. The van der Waals surface area contributed by atoms with E-state index in [0.29, 0.717) is 0 Å². The van der Waals surface area contributed by atoms with Gasteiger partial charge in [-0.05, 0) is 30.6 Å². The van der Waals surface area contributed by atoms with Crippen molar-refractivity contribution in [3.8, 4) is 0 Å². The summed E-state index contributed by atoms with van der Waals surface area (Å²) in [5.41, 5.74) is 2.29. The lowest BCUT2D eigenvalue weighted by Gasteiger charge is -1.99. The predicted octanol–water partition coefficient (Wildman–Crippen LogP) is 3.02. The van der Waals surface area contributed by atoms with Crippen LogP contribution in [0, 0.1) is 4.77 Å². The van der Waals surface area contributed by atoms with Crippen molar-refractivity contribution >= 4 is 35.0 Å². The lowest BCUT2D eigenvalue weighted by molar-refractivity contribution is 0.905. The average molecular weight is 210 g/mol. The second-order valence-electron chi connectivity index (χ2n) is 2.79. The van der Waals surface area contributed by atoms with E-state index in [1.807, 2.05) is 18.2 Å². The lowest BCUT2D eigenvalue weighted by atomic mass is 10.3. The topological polar surface area (TPSA) is 20.7 Å². The van der Waals surface area contributed by atoms with Crippen molar-refractivity contribution in [3.05, 3.63) is 29.0 Å². The standard InChI is InChI=1S/C9H10N2S2/c1-13-6-11-8-5-3-2-4-7(8)10-9(11)12/h2-5H,6H2,1H3,(H,10,12). The Kier molecular flexibility index (Phi) is 2.42. The van der Waals surface area contributed by atoms with Crippen molar-refractivity contribution in [1.29, 1.82) is 0 Å². The third-order valence-electron chi connectivity index (χ3n) is 1.94. The van der Waals surface area contributed by atoms with Crippen LogP contribution in [0.2, 0.25) is 0 Å². The normalized spacial score (nSPS) is 10.8. The van der Waals surface area contributed by atoms with E-state index in [9.17, 15) is 0 Å². The van der Waals surface area contributed by atoms with E-state index >= 15 is 0 Å². The number of hydrogen-bond donors (Lipinski definition) is 1. The monoisotopic (exact) mass is 210 g/mol. The quantitative estimate of drug-likeness (QED) is 0.769. The van der Waals surface area contributed by atoms with E-state index < -0.39 is 0 Å². The third-order valence-corrected chi connectivity index (χ3v) is 2.78. The second kappa shape index (κ2) is 3.55. The van der Waals surface area contributed by atoms with Crippen LogP contribution in [0.4, 0.5) is 0 Å². The molecular formula is C9H10N2S2. The van der Waals surface area contributed by atoms with Crippen LogP contribution in [0.5, 0.6) is 0 Å². The lowest BCUT2D eigenvalue weighted by Crippen LogP contribution is -1.92. The molecule has 0 saturated heterocycles. The van der Waals surface area contributed by atoms with Crippen LogP contribution >= 0.6 is 24.0 Å². The summed E-state index contributed by atoms with van der Waals surface area (Å²) in [6, 6.07) is 8.17. The van der Waals surface area contributed by atoms with Crippen LogP contribution in [0.25, 0.3) is 11.0 Å². The molecule has 2 rings (SSSR count). The van der Waals surface area contributed by atoms with Gasteiger partial charge in [0.2, 0.25) is 0 Å². The van der Waals surface area contributed by atoms with Crippen molar-refractivity contribution in [2.24, 2.45) is 0 Å². The Hall–Kier alpha value is -0.740. The highest BCUT2D eigenvalue weighted by Gasteiger charge is 2.00. The molecule has 0 aliphatic carbocycles. The van der Waals surface area contributed by atoms with Crippen LogP contribution in [0.3, 0.4) is 0 Å². The number of imidazole rings is 1. The van der Waals surface area contributed by atoms with Gasteiger partial charge in [0.05, 0.1) is 16.9 Å². The van der Waals surface area contributed by atoms with Crippen molar-refractivity contribution in [2.75, 3.05) is 6.26 Å². The van der Waals surface area contributed by atoms with E-state index in [1.54, 1.807) is 11.8 Å². The third kappa shape index (κ3) is 1.51. The van der Waals surface area contributed by atoms with Gasteiger partial charge in [-0.1, -0.05) is 12.1 Å². The Labute approximate surface area is 86.0 Å². The number of aromatic amines is 1. The smallest absolute Gasteiger partial charge is 0.178 e. The second-order valence-corrected chi connectivity index (χ2v) is 4.02. The van der Waals surface area contributed by atoms with E-state index in [1.165, 1.54) is 5.52 Å². The van der Waals surface area contributed by atoms with Crippen LogP contribution in [-0.4, -0.2) is 15.8 Å². The molecule has 1 heterocycles. The maximum atomic E-state index is 5.21. The first-order valence-electron chi connectivity index (χ1n) is 3.99. The summed E-state index contributed by atoms with van der Waals surface area (Å²) >= 11 is 6.98. The van der Waals surface area contributed by atoms with Gasteiger partial charge >= 0.3 is 0 Å². The summed E-state index contributed by atoms with van der Waals surface area (Å²) in [6.45, 7) is 0. The first-order chi connectivity index (χ1) is 6.33. The zero-order chi connectivity index (χ0) is 9.26. The van der Waals surface area contributed by atoms with Crippen molar-refractivity contribution in [1.82, 2.24) is 9.55 Å². The maximum Gasteiger partial charge on any atom is 0.178 e. The summed E-state index contributed by atoms with van der Waals surface area (Å²) in [7, 11) is 0. The minimum Gasteiger partial charge on any atom is -0.331 e. The van der Waals surface area contributed by atoms with Gasteiger partial charge in [0.1, 0.15) is 0 Å². The predicted molar refractivity (Wildman–Crippen MR) is 60.6 cm³/mol. The molecule has 13 heavy (non-hydrogen) atoms.